The number of benzene rings is 2. The number of methoxy groups -OCH3 is 1. The van der Waals surface area contributed by atoms with Gasteiger partial charge in [-0.05, 0) is 42.0 Å². The van der Waals surface area contributed by atoms with Crippen LogP contribution in [0.15, 0.2) is 48.5 Å². The van der Waals surface area contributed by atoms with Gasteiger partial charge in [0.15, 0.2) is 5.92 Å². The molecule has 6 heteroatoms. The van der Waals surface area contributed by atoms with Crippen LogP contribution in [0.4, 0.5) is 11.4 Å². The summed E-state index contributed by atoms with van der Waals surface area (Å²) in [4.78, 5) is 11.6. The van der Waals surface area contributed by atoms with Gasteiger partial charge in [0.05, 0.1) is 25.2 Å². The zero-order chi connectivity index (χ0) is 17.5. The Morgan fingerprint density at radius 2 is 1.58 bits per heavy atom. The molecule has 1 N–H and O–H groups in total. The zero-order valence-corrected chi connectivity index (χ0v) is 13.6. The Bertz CT molecular complexity index is 789. The lowest BCUT2D eigenvalue weighted by Crippen LogP contribution is -2.21. The number of carbonyl (C=O) groups is 1. The monoisotopic (exact) mass is 339 g/mol. The van der Waals surface area contributed by atoms with Crippen molar-refractivity contribution in [2.24, 2.45) is 5.92 Å². The van der Waals surface area contributed by atoms with Gasteiger partial charge in [-0.25, -0.2) is 0 Å². The highest BCUT2D eigenvalue weighted by Gasteiger charge is 2.30. The van der Waals surface area contributed by atoms with Gasteiger partial charge in [0.1, 0.15) is 0 Å². The van der Waals surface area contributed by atoms with Crippen molar-refractivity contribution in [3.8, 4) is 12.1 Å². The summed E-state index contributed by atoms with van der Waals surface area (Å²) < 4.78 is 4.58. The molecule has 0 heterocycles. The number of esters is 1. The molecule has 2 atom stereocenters. The topological polar surface area (TPSA) is 85.9 Å². The van der Waals surface area contributed by atoms with E-state index in [0.29, 0.717) is 10.6 Å². The second kappa shape index (κ2) is 8.01. The fraction of sp³-hybridized carbons (Fsp3) is 0.167. The first-order valence-corrected chi connectivity index (χ1v) is 7.46. The van der Waals surface area contributed by atoms with E-state index in [0.717, 1.165) is 11.4 Å². The lowest BCUT2D eigenvalue weighted by molar-refractivity contribution is -0.143. The molecule has 2 rings (SSSR count). The highest BCUT2D eigenvalue weighted by molar-refractivity contribution is 6.30. The molecule has 24 heavy (non-hydrogen) atoms. The summed E-state index contributed by atoms with van der Waals surface area (Å²) in [7, 11) is 1.19. The standard InChI is InChI=1S/C18H14ClN3O2/c1-24-18(23)17(11-21)16(10-20)12-2-6-14(7-3-12)22-15-8-4-13(19)5-9-15/h2-9,16-17,22H,1H3. The van der Waals surface area contributed by atoms with E-state index in [1.807, 2.05) is 24.3 Å². The summed E-state index contributed by atoms with van der Waals surface area (Å²) in [6.07, 6.45) is 0. The quantitative estimate of drug-likeness (QED) is 0.832. The van der Waals surface area contributed by atoms with Crippen LogP contribution in [-0.2, 0) is 9.53 Å². The van der Waals surface area contributed by atoms with E-state index in [1.54, 1.807) is 36.4 Å². The number of nitriles is 2. The number of carbonyl (C=O) groups excluding carboxylic acids is 1. The van der Waals surface area contributed by atoms with E-state index in [-0.39, 0.29) is 0 Å². The maximum Gasteiger partial charge on any atom is 0.324 e. The van der Waals surface area contributed by atoms with Crippen molar-refractivity contribution in [1.82, 2.24) is 0 Å². The molecule has 0 saturated carbocycles. The summed E-state index contributed by atoms with van der Waals surface area (Å²) in [5.41, 5.74) is 2.26. The van der Waals surface area contributed by atoms with Crippen molar-refractivity contribution in [2.75, 3.05) is 12.4 Å². The van der Waals surface area contributed by atoms with Crippen LogP contribution in [0.3, 0.4) is 0 Å². The molecule has 2 aromatic carbocycles. The van der Waals surface area contributed by atoms with Gasteiger partial charge in [-0.2, -0.15) is 10.5 Å². The zero-order valence-electron chi connectivity index (χ0n) is 12.9. The minimum atomic E-state index is -1.16. The fourth-order valence-corrected chi connectivity index (χ4v) is 2.33. The van der Waals surface area contributed by atoms with Gasteiger partial charge in [-0.1, -0.05) is 23.7 Å². The molecule has 5 nitrogen and oxygen atoms in total. The van der Waals surface area contributed by atoms with Crippen LogP contribution in [0.2, 0.25) is 5.02 Å². The minimum absolute atomic E-state index is 0.580. The maximum atomic E-state index is 11.6. The molecule has 0 radical (unpaired) electrons. The number of ether oxygens (including phenoxy) is 1. The largest absolute Gasteiger partial charge is 0.468 e. The second-order valence-electron chi connectivity index (χ2n) is 4.99. The molecule has 0 bridgehead atoms. The summed E-state index contributed by atoms with van der Waals surface area (Å²) in [6, 6.07) is 18.0. The van der Waals surface area contributed by atoms with Gasteiger partial charge in [0, 0.05) is 16.4 Å². The van der Waals surface area contributed by atoms with Crippen molar-refractivity contribution in [2.45, 2.75) is 5.92 Å². The molecule has 0 aromatic heterocycles. The number of nitrogens with one attached hydrogen (secondary N) is 1. The Morgan fingerprint density at radius 1 is 1.04 bits per heavy atom. The van der Waals surface area contributed by atoms with Gasteiger partial charge in [0.2, 0.25) is 0 Å². The van der Waals surface area contributed by atoms with Crippen molar-refractivity contribution in [3.05, 3.63) is 59.1 Å². The molecule has 0 aliphatic rings. The van der Waals surface area contributed by atoms with Crippen LogP contribution in [-0.4, -0.2) is 13.1 Å². The number of rotatable bonds is 5. The molecular weight excluding hydrogens is 326 g/mol. The average Bonchev–Trinajstić information content (AvgIpc) is 2.62. The van der Waals surface area contributed by atoms with Crippen LogP contribution >= 0.6 is 11.6 Å². The molecular formula is C18H14ClN3O2. The first kappa shape index (κ1) is 17.3. The number of hydrogen-bond acceptors (Lipinski definition) is 5. The molecule has 0 saturated heterocycles. The van der Waals surface area contributed by atoms with Crippen molar-refractivity contribution < 1.29 is 9.53 Å². The normalized spacial score (nSPS) is 12.3. The SMILES string of the molecule is COC(=O)C(C#N)C(C#N)c1ccc(Nc2ccc(Cl)cc2)cc1. The first-order chi connectivity index (χ1) is 11.6. The first-order valence-electron chi connectivity index (χ1n) is 7.08. The number of halogens is 1. The number of nitrogens with zero attached hydrogens (tertiary/aromatic N) is 2. The van der Waals surface area contributed by atoms with Crippen LogP contribution in [0.1, 0.15) is 11.5 Å². The summed E-state index contributed by atoms with van der Waals surface area (Å²) in [6.45, 7) is 0. The van der Waals surface area contributed by atoms with Crippen molar-refractivity contribution in [1.29, 1.82) is 10.5 Å². The maximum absolute atomic E-state index is 11.6. The third-order valence-corrected chi connectivity index (χ3v) is 3.72. The molecule has 0 aliphatic carbocycles. The number of anilines is 2. The Morgan fingerprint density at radius 3 is 2.04 bits per heavy atom. The summed E-state index contributed by atoms with van der Waals surface area (Å²) in [5.74, 6) is -2.76. The van der Waals surface area contributed by atoms with Crippen molar-refractivity contribution >= 4 is 28.9 Å². The second-order valence-corrected chi connectivity index (χ2v) is 5.43. The molecule has 120 valence electrons. The molecule has 0 aliphatic heterocycles. The molecule has 2 aromatic rings. The molecule has 0 amide bonds. The molecule has 0 spiro atoms. The van der Waals surface area contributed by atoms with Gasteiger partial charge >= 0.3 is 5.97 Å². The predicted octanol–water partition coefficient (Wildman–Crippen LogP) is 4.00. The predicted molar refractivity (Wildman–Crippen MR) is 90.6 cm³/mol. The Labute approximate surface area is 145 Å². The Balaban J connectivity index is 2.18. The third kappa shape index (κ3) is 4.04. The highest BCUT2D eigenvalue weighted by Crippen LogP contribution is 2.27. The van der Waals surface area contributed by atoms with Crippen LogP contribution in [0.5, 0.6) is 0 Å². The van der Waals surface area contributed by atoms with E-state index < -0.39 is 17.8 Å². The smallest absolute Gasteiger partial charge is 0.324 e. The Kier molecular flexibility index (Phi) is 5.78. The Hall–Kier alpha value is -3.02. The minimum Gasteiger partial charge on any atom is -0.468 e. The third-order valence-electron chi connectivity index (χ3n) is 3.47. The van der Waals surface area contributed by atoms with Gasteiger partial charge in [0.25, 0.3) is 0 Å². The van der Waals surface area contributed by atoms with E-state index in [2.05, 4.69) is 10.1 Å². The van der Waals surface area contributed by atoms with Crippen LogP contribution in [0.25, 0.3) is 0 Å². The average molecular weight is 340 g/mol. The molecule has 0 fully saturated rings. The van der Waals surface area contributed by atoms with E-state index in [4.69, 9.17) is 16.9 Å². The van der Waals surface area contributed by atoms with E-state index in [9.17, 15) is 10.1 Å². The lowest BCUT2D eigenvalue weighted by Gasteiger charge is -2.14. The van der Waals surface area contributed by atoms with Crippen LogP contribution < -0.4 is 5.32 Å². The number of hydrogen-bond donors (Lipinski definition) is 1. The summed E-state index contributed by atoms with van der Waals surface area (Å²) in [5, 5.41) is 22.3. The highest BCUT2D eigenvalue weighted by atomic mass is 35.5. The fourth-order valence-electron chi connectivity index (χ4n) is 2.21. The van der Waals surface area contributed by atoms with E-state index in [1.165, 1.54) is 7.11 Å². The van der Waals surface area contributed by atoms with Gasteiger partial charge < -0.3 is 10.1 Å². The van der Waals surface area contributed by atoms with Crippen LogP contribution in [0, 0.1) is 28.6 Å². The van der Waals surface area contributed by atoms with Gasteiger partial charge in [-0.3, -0.25) is 4.79 Å². The molecule has 2 unspecified atom stereocenters. The van der Waals surface area contributed by atoms with Crippen molar-refractivity contribution in [3.63, 3.8) is 0 Å². The summed E-state index contributed by atoms with van der Waals surface area (Å²) >= 11 is 5.84. The van der Waals surface area contributed by atoms with Gasteiger partial charge in [-0.15, -0.1) is 0 Å². The van der Waals surface area contributed by atoms with E-state index >= 15 is 0 Å². The lowest BCUT2D eigenvalue weighted by atomic mass is 9.88.